The number of hydrogen-bond donors (Lipinski definition) is 1. The second-order valence-electron chi connectivity index (χ2n) is 6.43. The number of thiazole rings is 1. The highest BCUT2D eigenvalue weighted by molar-refractivity contribution is 7.98. The van der Waals surface area contributed by atoms with Crippen LogP contribution in [-0.4, -0.2) is 25.7 Å². The van der Waals surface area contributed by atoms with E-state index < -0.39 is 0 Å². The third-order valence-electron chi connectivity index (χ3n) is 4.29. The van der Waals surface area contributed by atoms with Gasteiger partial charge in [0, 0.05) is 34.0 Å². The molecule has 1 N–H and O–H groups in total. The summed E-state index contributed by atoms with van der Waals surface area (Å²) in [6.07, 6.45) is 1.65. The van der Waals surface area contributed by atoms with Crippen molar-refractivity contribution in [2.75, 3.05) is 5.32 Å². The van der Waals surface area contributed by atoms with Crippen LogP contribution in [0.4, 0.5) is 5.69 Å². The number of nitrogens with zero attached hydrogens (tertiary/aromatic N) is 4. The average molecular weight is 410 g/mol. The van der Waals surface area contributed by atoms with Gasteiger partial charge in [0.25, 0.3) is 5.91 Å². The molecule has 3 aromatic heterocycles. The Morgan fingerprint density at radius 3 is 2.75 bits per heavy atom. The van der Waals surface area contributed by atoms with Crippen molar-refractivity contribution in [2.24, 2.45) is 7.05 Å². The lowest BCUT2D eigenvalue weighted by atomic mass is 10.2. The molecule has 0 saturated heterocycles. The van der Waals surface area contributed by atoms with Gasteiger partial charge in [0.1, 0.15) is 0 Å². The van der Waals surface area contributed by atoms with Crippen molar-refractivity contribution in [2.45, 2.75) is 24.5 Å². The van der Waals surface area contributed by atoms with Crippen molar-refractivity contribution >= 4 is 45.7 Å². The summed E-state index contributed by atoms with van der Waals surface area (Å²) in [6.45, 7) is 3.94. The molecule has 0 atom stereocenters. The molecule has 6 nitrogen and oxygen atoms in total. The lowest BCUT2D eigenvalue weighted by Gasteiger charge is -2.06. The molecule has 0 spiro atoms. The van der Waals surface area contributed by atoms with Crippen LogP contribution in [-0.2, 0) is 12.8 Å². The van der Waals surface area contributed by atoms with Gasteiger partial charge in [-0.15, -0.1) is 23.1 Å². The van der Waals surface area contributed by atoms with Gasteiger partial charge in [-0.2, -0.15) is 5.10 Å². The van der Waals surface area contributed by atoms with Crippen molar-refractivity contribution in [3.05, 3.63) is 63.9 Å². The number of anilines is 1. The molecule has 28 heavy (non-hydrogen) atoms. The normalized spacial score (nSPS) is 11.1. The predicted octanol–water partition coefficient (Wildman–Crippen LogP) is 4.59. The Labute approximate surface area is 171 Å². The summed E-state index contributed by atoms with van der Waals surface area (Å²) in [5.41, 5.74) is 4.04. The fourth-order valence-electron chi connectivity index (χ4n) is 2.91. The Morgan fingerprint density at radius 1 is 1.25 bits per heavy atom. The summed E-state index contributed by atoms with van der Waals surface area (Å²) in [5, 5.41) is 11.4. The first-order valence-corrected chi connectivity index (χ1v) is 10.6. The topological polar surface area (TPSA) is 72.7 Å². The van der Waals surface area contributed by atoms with E-state index in [0.717, 1.165) is 38.1 Å². The Kier molecular flexibility index (Phi) is 5.15. The van der Waals surface area contributed by atoms with E-state index in [4.69, 9.17) is 0 Å². The van der Waals surface area contributed by atoms with Crippen LogP contribution < -0.4 is 5.32 Å². The van der Waals surface area contributed by atoms with E-state index in [2.05, 4.69) is 25.8 Å². The molecule has 3 heterocycles. The largest absolute Gasteiger partial charge is 0.321 e. The summed E-state index contributed by atoms with van der Waals surface area (Å²) in [5.74, 6) is 0.667. The number of carbonyl (C=O) groups is 1. The summed E-state index contributed by atoms with van der Waals surface area (Å²) >= 11 is 3.37. The van der Waals surface area contributed by atoms with Crippen LogP contribution in [0.2, 0.25) is 0 Å². The number of rotatable bonds is 5. The maximum absolute atomic E-state index is 12.6. The molecule has 4 rings (SSSR count). The summed E-state index contributed by atoms with van der Waals surface area (Å²) in [4.78, 5) is 22.5. The number of fused-ring (bicyclic) bond motifs is 1. The van der Waals surface area contributed by atoms with Crippen molar-refractivity contribution in [3.63, 3.8) is 0 Å². The molecule has 0 unspecified atom stereocenters. The first kappa shape index (κ1) is 18.6. The predicted molar refractivity (Wildman–Crippen MR) is 114 cm³/mol. The Hall–Kier alpha value is -2.71. The van der Waals surface area contributed by atoms with E-state index in [1.54, 1.807) is 34.0 Å². The summed E-state index contributed by atoms with van der Waals surface area (Å²) < 4.78 is 1.74. The fourth-order valence-corrected chi connectivity index (χ4v) is 4.42. The maximum Gasteiger partial charge on any atom is 0.255 e. The number of aromatic nitrogens is 4. The van der Waals surface area contributed by atoms with Crippen LogP contribution in [0.25, 0.3) is 11.0 Å². The number of aryl methyl sites for hydroxylation is 3. The van der Waals surface area contributed by atoms with E-state index in [-0.39, 0.29) is 5.91 Å². The highest BCUT2D eigenvalue weighted by atomic mass is 32.2. The number of thioether (sulfide) groups is 1. The first-order valence-electron chi connectivity index (χ1n) is 8.74. The second kappa shape index (κ2) is 7.73. The van der Waals surface area contributed by atoms with Gasteiger partial charge in [0.15, 0.2) is 5.65 Å². The van der Waals surface area contributed by atoms with Crippen LogP contribution in [0.1, 0.15) is 26.8 Å². The molecule has 0 aliphatic heterocycles. The molecular weight excluding hydrogens is 390 g/mol. The van der Waals surface area contributed by atoms with Crippen LogP contribution in [0, 0.1) is 13.8 Å². The van der Waals surface area contributed by atoms with Crippen LogP contribution in [0.3, 0.4) is 0 Å². The van der Waals surface area contributed by atoms with Crippen molar-refractivity contribution < 1.29 is 4.79 Å². The third kappa shape index (κ3) is 3.93. The fraction of sp³-hybridized carbons (Fsp3) is 0.200. The Morgan fingerprint density at radius 2 is 2.04 bits per heavy atom. The zero-order valence-corrected chi connectivity index (χ0v) is 17.4. The lowest BCUT2D eigenvalue weighted by Crippen LogP contribution is -2.12. The SMILES string of the molecule is Cc1nc(CSc2ccc(C(=O)Nc3cnc4c(c3)c(C)nn4C)cc2)cs1. The smallest absolute Gasteiger partial charge is 0.255 e. The quantitative estimate of drug-likeness (QED) is 0.488. The van der Waals surface area contributed by atoms with E-state index in [9.17, 15) is 4.79 Å². The Bertz CT molecular complexity index is 1150. The number of pyridine rings is 1. The van der Waals surface area contributed by atoms with Crippen LogP contribution in [0.15, 0.2) is 46.8 Å². The van der Waals surface area contributed by atoms with Crippen LogP contribution in [0.5, 0.6) is 0 Å². The molecule has 0 aliphatic carbocycles. The number of amides is 1. The molecule has 142 valence electrons. The first-order chi connectivity index (χ1) is 13.5. The standard InChI is InChI=1S/C20H19N5OS2/c1-12-18-8-15(9-21-19(18)25(3)24-12)23-20(26)14-4-6-17(7-5-14)28-11-16-10-27-13(2)22-16/h4-10H,11H2,1-3H3,(H,23,26). The van der Waals surface area contributed by atoms with Crippen LogP contribution >= 0.6 is 23.1 Å². The molecule has 0 radical (unpaired) electrons. The molecule has 4 aromatic rings. The van der Waals surface area contributed by atoms with Gasteiger partial charge in [-0.1, -0.05) is 0 Å². The van der Waals surface area contributed by atoms with Crippen molar-refractivity contribution in [3.8, 4) is 0 Å². The van der Waals surface area contributed by atoms with Gasteiger partial charge >= 0.3 is 0 Å². The number of nitrogens with one attached hydrogen (secondary N) is 1. The Balaban J connectivity index is 1.42. The number of hydrogen-bond acceptors (Lipinski definition) is 6. The molecule has 0 fully saturated rings. The number of carbonyl (C=O) groups excluding carboxylic acids is 1. The molecular formula is C20H19N5OS2. The van der Waals surface area contributed by atoms with E-state index in [1.807, 2.05) is 51.2 Å². The third-order valence-corrected chi connectivity index (χ3v) is 6.16. The van der Waals surface area contributed by atoms with E-state index in [0.29, 0.717) is 11.3 Å². The van der Waals surface area contributed by atoms with Gasteiger partial charge < -0.3 is 5.32 Å². The highest BCUT2D eigenvalue weighted by Crippen LogP contribution is 2.24. The minimum absolute atomic E-state index is 0.158. The molecule has 0 saturated carbocycles. The van der Waals surface area contributed by atoms with Gasteiger partial charge in [0.2, 0.25) is 0 Å². The van der Waals surface area contributed by atoms with Crippen molar-refractivity contribution in [1.29, 1.82) is 0 Å². The number of benzene rings is 1. The van der Waals surface area contributed by atoms with E-state index >= 15 is 0 Å². The minimum Gasteiger partial charge on any atom is -0.321 e. The summed E-state index contributed by atoms with van der Waals surface area (Å²) in [6, 6.07) is 9.51. The van der Waals surface area contributed by atoms with Gasteiger partial charge in [-0.3, -0.25) is 9.48 Å². The molecule has 1 amide bonds. The minimum atomic E-state index is -0.158. The second-order valence-corrected chi connectivity index (χ2v) is 8.54. The van der Waals surface area contributed by atoms with Gasteiger partial charge in [-0.05, 0) is 44.2 Å². The molecule has 0 bridgehead atoms. The average Bonchev–Trinajstić information content (AvgIpc) is 3.23. The zero-order valence-electron chi connectivity index (χ0n) is 15.8. The van der Waals surface area contributed by atoms with Gasteiger partial charge in [-0.25, -0.2) is 9.97 Å². The monoisotopic (exact) mass is 409 g/mol. The lowest BCUT2D eigenvalue weighted by molar-refractivity contribution is 0.102. The van der Waals surface area contributed by atoms with Crippen molar-refractivity contribution in [1.82, 2.24) is 19.7 Å². The zero-order chi connectivity index (χ0) is 19.7. The van der Waals surface area contributed by atoms with E-state index in [1.165, 1.54) is 0 Å². The summed E-state index contributed by atoms with van der Waals surface area (Å²) in [7, 11) is 1.86. The highest BCUT2D eigenvalue weighted by Gasteiger charge is 2.10. The molecule has 8 heteroatoms. The maximum atomic E-state index is 12.6. The van der Waals surface area contributed by atoms with Gasteiger partial charge in [0.05, 0.1) is 28.3 Å². The molecule has 1 aromatic carbocycles. The molecule has 0 aliphatic rings.